The molecule has 1 fully saturated rings. The van der Waals surface area contributed by atoms with Crippen LogP contribution in [0.25, 0.3) is 0 Å². The zero-order valence-corrected chi connectivity index (χ0v) is 15.5. The van der Waals surface area contributed by atoms with Gasteiger partial charge in [0.15, 0.2) is 5.96 Å². The minimum absolute atomic E-state index is 0.103. The van der Waals surface area contributed by atoms with Crippen LogP contribution in [-0.4, -0.2) is 37.5 Å². The van der Waals surface area contributed by atoms with Crippen LogP contribution in [0.3, 0.4) is 0 Å². The van der Waals surface area contributed by atoms with Crippen LogP contribution in [0.1, 0.15) is 31.7 Å². The molecule has 5 nitrogen and oxygen atoms in total. The minimum atomic E-state index is -0.184. The molecule has 3 N–H and O–H groups in total. The standard InChI is InChI=1S/C17H24BrFN4O/c1-2-20-17(23-14-7-8-16(24)22-11-14)21-9-3-4-12-5-6-13(18)10-15(12)19/h5-6,10,14H,2-4,7-9,11H2,1H3,(H,22,24)(H2,20,21,23). The number of aliphatic imine (C=N–C) groups is 1. The van der Waals surface area contributed by atoms with E-state index in [1.165, 1.54) is 6.07 Å². The van der Waals surface area contributed by atoms with Crippen molar-refractivity contribution in [3.63, 3.8) is 0 Å². The van der Waals surface area contributed by atoms with Gasteiger partial charge in [0, 0.05) is 36.6 Å². The van der Waals surface area contributed by atoms with E-state index in [0.29, 0.717) is 31.5 Å². The molecule has 0 saturated carbocycles. The Hall–Kier alpha value is -1.63. The van der Waals surface area contributed by atoms with Crippen molar-refractivity contribution in [3.05, 3.63) is 34.1 Å². The van der Waals surface area contributed by atoms with Gasteiger partial charge in [-0.1, -0.05) is 22.0 Å². The van der Waals surface area contributed by atoms with Gasteiger partial charge in [0.2, 0.25) is 5.91 Å². The summed E-state index contributed by atoms with van der Waals surface area (Å²) in [4.78, 5) is 15.7. The molecule has 0 aliphatic carbocycles. The third kappa shape index (κ3) is 6.11. The maximum Gasteiger partial charge on any atom is 0.220 e. The van der Waals surface area contributed by atoms with Crippen LogP contribution in [0.4, 0.5) is 4.39 Å². The third-order valence-electron chi connectivity index (χ3n) is 3.84. The lowest BCUT2D eigenvalue weighted by atomic mass is 10.1. The number of halogens is 2. The lowest BCUT2D eigenvalue weighted by Gasteiger charge is -2.25. The van der Waals surface area contributed by atoms with Crippen LogP contribution in [0.2, 0.25) is 0 Å². The van der Waals surface area contributed by atoms with Gasteiger partial charge in [-0.2, -0.15) is 0 Å². The van der Waals surface area contributed by atoms with Crippen LogP contribution in [0, 0.1) is 5.82 Å². The normalized spacial score (nSPS) is 18.2. The molecular weight excluding hydrogens is 375 g/mol. The lowest BCUT2D eigenvalue weighted by molar-refractivity contribution is -0.122. The van der Waals surface area contributed by atoms with Crippen LogP contribution in [0.5, 0.6) is 0 Å². The summed E-state index contributed by atoms with van der Waals surface area (Å²) >= 11 is 3.26. The molecule has 1 heterocycles. The summed E-state index contributed by atoms with van der Waals surface area (Å²) in [6.45, 7) is 4.01. The van der Waals surface area contributed by atoms with E-state index in [0.717, 1.165) is 29.8 Å². The van der Waals surface area contributed by atoms with E-state index >= 15 is 0 Å². The maximum absolute atomic E-state index is 13.8. The highest BCUT2D eigenvalue weighted by Gasteiger charge is 2.18. The molecule has 1 aliphatic rings. The molecule has 1 aromatic carbocycles. The zero-order valence-electron chi connectivity index (χ0n) is 13.9. The van der Waals surface area contributed by atoms with Gasteiger partial charge in [-0.05, 0) is 43.9 Å². The largest absolute Gasteiger partial charge is 0.357 e. The first-order chi connectivity index (χ1) is 11.6. The van der Waals surface area contributed by atoms with Crippen molar-refractivity contribution in [3.8, 4) is 0 Å². The number of carbonyl (C=O) groups excluding carboxylic acids is 1. The van der Waals surface area contributed by atoms with E-state index in [1.54, 1.807) is 6.07 Å². The smallest absolute Gasteiger partial charge is 0.220 e. The fraction of sp³-hybridized carbons (Fsp3) is 0.529. The predicted octanol–water partition coefficient (Wildman–Crippen LogP) is 2.35. The number of hydrogen-bond donors (Lipinski definition) is 3. The van der Waals surface area contributed by atoms with Crippen molar-refractivity contribution in [2.45, 2.75) is 38.6 Å². The molecular formula is C17H24BrFN4O. The quantitative estimate of drug-likeness (QED) is 0.391. The molecule has 1 aliphatic heterocycles. The number of amides is 1. The molecule has 1 saturated heterocycles. The van der Waals surface area contributed by atoms with Crippen molar-refractivity contribution in [1.82, 2.24) is 16.0 Å². The van der Waals surface area contributed by atoms with Crippen molar-refractivity contribution >= 4 is 27.8 Å². The van der Waals surface area contributed by atoms with Gasteiger partial charge in [-0.15, -0.1) is 0 Å². The number of rotatable bonds is 6. The Morgan fingerprint density at radius 1 is 1.50 bits per heavy atom. The molecule has 132 valence electrons. The van der Waals surface area contributed by atoms with Gasteiger partial charge in [0.25, 0.3) is 0 Å². The van der Waals surface area contributed by atoms with Crippen LogP contribution < -0.4 is 16.0 Å². The summed E-state index contributed by atoms with van der Waals surface area (Å²) in [5, 5.41) is 9.39. The Labute approximate surface area is 150 Å². The number of hydrogen-bond acceptors (Lipinski definition) is 2. The summed E-state index contributed by atoms with van der Waals surface area (Å²) < 4.78 is 14.5. The molecule has 1 aromatic rings. The fourth-order valence-electron chi connectivity index (χ4n) is 2.55. The Bertz CT molecular complexity index is 584. The van der Waals surface area contributed by atoms with E-state index in [4.69, 9.17) is 0 Å². The second-order valence-electron chi connectivity index (χ2n) is 5.78. The fourth-order valence-corrected chi connectivity index (χ4v) is 2.89. The summed E-state index contributed by atoms with van der Waals surface area (Å²) in [7, 11) is 0. The molecule has 0 aromatic heterocycles. The highest BCUT2D eigenvalue weighted by molar-refractivity contribution is 9.10. The van der Waals surface area contributed by atoms with Crippen LogP contribution in [-0.2, 0) is 11.2 Å². The maximum atomic E-state index is 13.8. The van der Waals surface area contributed by atoms with Gasteiger partial charge >= 0.3 is 0 Å². The summed E-state index contributed by atoms with van der Waals surface area (Å²) in [6, 6.07) is 5.34. The molecule has 0 spiro atoms. The summed E-state index contributed by atoms with van der Waals surface area (Å²) in [5.74, 6) is 0.665. The first kappa shape index (κ1) is 18.7. The second kappa shape index (κ2) is 9.61. The molecule has 1 unspecified atom stereocenters. The van der Waals surface area contributed by atoms with Crippen molar-refractivity contribution in [2.75, 3.05) is 19.6 Å². The van der Waals surface area contributed by atoms with Gasteiger partial charge in [-0.25, -0.2) is 4.39 Å². The lowest BCUT2D eigenvalue weighted by Crippen LogP contribution is -2.51. The highest BCUT2D eigenvalue weighted by Crippen LogP contribution is 2.16. The van der Waals surface area contributed by atoms with Crippen LogP contribution in [0.15, 0.2) is 27.7 Å². The number of aryl methyl sites for hydroxylation is 1. The predicted molar refractivity (Wildman–Crippen MR) is 97.6 cm³/mol. The first-order valence-corrected chi connectivity index (χ1v) is 9.13. The van der Waals surface area contributed by atoms with E-state index in [-0.39, 0.29) is 17.8 Å². The first-order valence-electron chi connectivity index (χ1n) is 8.34. The van der Waals surface area contributed by atoms with Crippen LogP contribution >= 0.6 is 15.9 Å². The highest BCUT2D eigenvalue weighted by atomic mass is 79.9. The van der Waals surface area contributed by atoms with E-state index in [2.05, 4.69) is 36.9 Å². The Balaban J connectivity index is 1.81. The SMILES string of the molecule is CCNC(=NCCCc1ccc(Br)cc1F)NC1CCC(=O)NC1. The topological polar surface area (TPSA) is 65.5 Å². The summed E-state index contributed by atoms with van der Waals surface area (Å²) in [5.41, 5.74) is 0.710. The minimum Gasteiger partial charge on any atom is -0.357 e. The summed E-state index contributed by atoms with van der Waals surface area (Å²) in [6.07, 6.45) is 2.78. The van der Waals surface area contributed by atoms with Gasteiger partial charge in [-0.3, -0.25) is 9.79 Å². The van der Waals surface area contributed by atoms with E-state index in [9.17, 15) is 9.18 Å². The van der Waals surface area contributed by atoms with Crippen molar-refractivity contribution in [1.29, 1.82) is 0 Å². The van der Waals surface area contributed by atoms with E-state index < -0.39 is 0 Å². The molecule has 1 atom stereocenters. The molecule has 24 heavy (non-hydrogen) atoms. The number of guanidine groups is 1. The van der Waals surface area contributed by atoms with Crippen molar-refractivity contribution < 1.29 is 9.18 Å². The van der Waals surface area contributed by atoms with Gasteiger partial charge < -0.3 is 16.0 Å². The average molecular weight is 399 g/mol. The molecule has 0 radical (unpaired) electrons. The number of carbonyl (C=O) groups is 1. The Morgan fingerprint density at radius 2 is 2.33 bits per heavy atom. The number of nitrogens with zero attached hydrogens (tertiary/aromatic N) is 1. The monoisotopic (exact) mass is 398 g/mol. The number of nitrogens with one attached hydrogen (secondary N) is 3. The van der Waals surface area contributed by atoms with Gasteiger partial charge in [0.05, 0.1) is 0 Å². The molecule has 7 heteroatoms. The Morgan fingerprint density at radius 3 is 3.00 bits per heavy atom. The average Bonchev–Trinajstić information content (AvgIpc) is 2.55. The molecule has 1 amide bonds. The molecule has 0 bridgehead atoms. The van der Waals surface area contributed by atoms with Crippen molar-refractivity contribution in [2.24, 2.45) is 4.99 Å². The van der Waals surface area contributed by atoms with E-state index in [1.807, 2.05) is 13.0 Å². The number of benzene rings is 1. The Kier molecular flexibility index (Phi) is 7.49. The second-order valence-corrected chi connectivity index (χ2v) is 6.70. The third-order valence-corrected chi connectivity index (χ3v) is 4.33. The molecule has 2 rings (SSSR count). The van der Waals surface area contributed by atoms with Gasteiger partial charge in [0.1, 0.15) is 5.82 Å². The zero-order chi connectivity index (χ0) is 17.4. The number of piperidine rings is 1.